The number of ether oxygens (including phenoxy) is 1. The Morgan fingerprint density at radius 3 is 3.05 bits per heavy atom. The highest BCUT2D eigenvalue weighted by molar-refractivity contribution is 5.95. The number of methoxy groups -OCH3 is 1. The SMILES string of the molecule is COC(=O)c1cc(-c2ccnc3c2ccn3C)c[nH]1. The molecular weight excluding hydrogens is 242 g/mol. The van der Waals surface area contributed by atoms with E-state index in [0.717, 1.165) is 22.2 Å². The van der Waals surface area contributed by atoms with Gasteiger partial charge in [0.25, 0.3) is 0 Å². The summed E-state index contributed by atoms with van der Waals surface area (Å²) in [4.78, 5) is 18.7. The van der Waals surface area contributed by atoms with E-state index in [9.17, 15) is 4.79 Å². The van der Waals surface area contributed by atoms with Gasteiger partial charge in [-0.25, -0.2) is 9.78 Å². The van der Waals surface area contributed by atoms with E-state index in [1.807, 2.05) is 29.9 Å². The largest absolute Gasteiger partial charge is 0.464 e. The molecule has 3 heterocycles. The fourth-order valence-electron chi connectivity index (χ4n) is 2.19. The summed E-state index contributed by atoms with van der Waals surface area (Å²) in [5.74, 6) is -0.371. The van der Waals surface area contributed by atoms with E-state index in [0.29, 0.717) is 5.69 Å². The van der Waals surface area contributed by atoms with E-state index in [1.54, 1.807) is 18.5 Å². The molecular formula is C14H13N3O2. The first-order valence-corrected chi connectivity index (χ1v) is 5.88. The van der Waals surface area contributed by atoms with Crippen LogP contribution < -0.4 is 0 Å². The highest BCUT2D eigenvalue weighted by Crippen LogP contribution is 2.28. The van der Waals surface area contributed by atoms with Crippen molar-refractivity contribution in [2.45, 2.75) is 0 Å². The van der Waals surface area contributed by atoms with Crippen LogP contribution >= 0.6 is 0 Å². The number of aromatic amines is 1. The van der Waals surface area contributed by atoms with E-state index in [-0.39, 0.29) is 5.97 Å². The molecule has 0 aliphatic carbocycles. The molecule has 0 aromatic carbocycles. The standard InChI is InChI=1S/C14H13N3O2/c1-17-6-4-11-10(3-5-15-13(11)17)9-7-12(16-8-9)14(18)19-2/h3-8,16H,1-2H3. The summed E-state index contributed by atoms with van der Waals surface area (Å²) in [5.41, 5.74) is 3.34. The van der Waals surface area contributed by atoms with Crippen molar-refractivity contribution in [3.63, 3.8) is 0 Å². The van der Waals surface area contributed by atoms with Gasteiger partial charge in [-0.3, -0.25) is 0 Å². The van der Waals surface area contributed by atoms with E-state index in [2.05, 4.69) is 9.97 Å². The average Bonchev–Trinajstić information content (AvgIpc) is 3.05. The van der Waals surface area contributed by atoms with Gasteiger partial charge in [0, 0.05) is 36.6 Å². The number of carbonyl (C=O) groups is 1. The Labute approximate surface area is 109 Å². The molecule has 0 amide bonds. The Balaban J connectivity index is 2.14. The van der Waals surface area contributed by atoms with Crippen molar-refractivity contribution < 1.29 is 9.53 Å². The molecule has 0 saturated heterocycles. The lowest BCUT2D eigenvalue weighted by atomic mass is 10.1. The van der Waals surface area contributed by atoms with Gasteiger partial charge in [-0.05, 0) is 23.8 Å². The minimum atomic E-state index is -0.371. The fourth-order valence-corrected chi connectivity index (χ4v) is 2.19. The van der Waals surface area contributed by atoms with Crippen molar-refractivity contribution in [2.24, 2.45) is 7.05 Å². The lowest BCUT2D eigenvalue weighted by molar-refractivity contribution is 0.0595. The molecule has 0 unspecified atom stereocenters. The predicted molar refractivity (Wildman–Crippen MR) is 71.8 cm³/mol. The van der Waals surface area contributed by atoms with Gasteiger partial charge < -0.3 is 14.3 Å². The van der Waals surface area contributed by atoms with Crippen LogP contribution in [0.2, 0.25) is 0 Å². The summed E-state index contributed by atoms with van der Waals surface area (Å²) in [5, 5.41) is 1.06. The maximum atomic E-state index is 11.5. The van der Waals surface area contributed by atoms with Crippen molar-refractivity contribution in [3.8, 4) is 11.1 Å². The number of fused-ring (bicyclic) bond motifs is 1. The molecule has 0 aliphatic heterocycles. The van der Waals surface area contributed by atoms with Crippen LogP contribution in [0.3, 0.4) is 0 Å². The Morgan fingerprint density at radius 2 is 2.26 bits per heavy atom. The highest BCUT2D eigenvalue weighted by atomic mass is 16.5. The minimum Gasteiger partial charge on any atom is -0.464 e. The molecule has 3 aromatic rings. The van der Waals surface area contributed by atoms with Crippen LogP contribution in [0.5, 0.6) is 0 Å². The lowest BCUT2D eigenvalue weighted by Crippen LogP contribution is -2.00. The van der Waals surface area contributed by atoms with E-state index >= 15 is 0 Å². The number of rotatable bonds is 2. The number of carbonyl (C=O) groups excluding carboxylic acids is 1. The van der Waals surface area contributed by atoms with E-state index in [1.165, 1.54) is 7.11 Å². The summed E-state index contributed by atoms with van der Waals surface area (Å²) < 4.78 is 6.66. The highest BCUT2D eigenvalue weighted by Gasteiger charge is 2.12. The first-order valence-electron chi connectivity index (χ1n) is 5.88. The number of H-pyrrole nitrogens is 1. The number of pyridine rings is 1. The number of nitrogens with one attached hydrogen (secondary N) is 1. The Bertz CT molecular complexity index is 755. The van der Waals surface area contributed by atoms with Gasteiger partial charge in [0.2, 0.25) is 0 Å². The van der Waals surface area contributed by atoms with Crippen LogP contribution in [0.1, 0.15) is 10.5 Å². The van der Waals surface area contributed by atoms with E-state index in [4.69, 9.17) is 4.74 Å². The summed E-state index contributed by atoms with van der Waals surface area (Å²) >= 11 is 0. The summed E-state index contributed by atoms with van der Waals surface area (Å²) in [7, 11) is 3.32. The molecule has 0 saturated carbocycles. The third-order valence-corrected chi connectivity index (χ3v) is 3.17. The maximum Gasteiger partial charge on any atom is 0.354 e. The summed E-state index contributed by atoms with van der Waals surface area (Å²) in [6.07, 6.45) is 5.53. The van der Waals surface area contributed by atoms with Crippen molar-refractivity contribution in [3.05, 3.63) is 42.5 Å². The number of aromatic nitrogens is 3. The average molecular weight is 255 g/mol. The summed E-state index contributed by atoms with van der Waals surface area (Å²) in [6, 6.07) is 5.74. The molecule has 3 aromatic heterocycles. The lowest BCUT2D eigenvalue weighted by Gasteiger charge is -2.00. The minimum absolute atomic E-state index is 0.371. The number of nitrogens with zero attached hydrogens (tertiary/aromatic N) is 2. The number of hydrogen-bond acceptors (Lipinski definition) is 3. The number of esters is 1. The molecule has 0 aliphatic rings. The smallest absolute Gasteiger partial charge is 0.354 e. The third kappa shape index (κ3) is 1.79. The first-order chi connectivity index (χ1) is 9.20. The zero-order valence-corrected chi connectivity index (χ0v) is 10.7. The molecule has 3 rings (SSSR count). The molecule has 5 nitrogen and oxygen atoms in total. The maximum absolute atomic E-state index is 11.5. The van der Waals surface area contributed by atoms with Gasteiger partial charge in [-0.1, -0.05) is 0 Å². The van der Waals surface area contributed by atoms with Crippen molar-refractivity contribution in [1.82, 2.24) is 14.5 Å². The van der Waals surface area contributed by atoms with Gasteiger partial charge in [0.15, 0.2) is 0 Å². The van der Waals surface area contributed by atoms with Gasteiger partial charge >= 0.3 is 5.97 Å². The number of aryl methyl sites for hydroxylation is 1. The Morgan fingerprint density at radius 1 is 1.42 bits per heavy atom. The van der Waals surface area contributed by atoms with Crippen molar-refractivity contribution in [2.75, 3.05) is 7.11 Å². The van der Waals surface area contributed by atoms with Crippen LogP contribution in [0.4, 0.5) is 0 Å². The normalized spacial score (nSPS) is 10.8. The summed E-state index contributed by atoms with van der Waals surface area (Å²) in [6.45, 7) is 0. The molecule has 0 radical (unpaired) electrons. The second kappa shape index (κ2) is 4.28. The molecule has 0 spiro atoms. The van der Waals surface area contributed by atoms with Crippen molar-refractivity contribution >= 4 is 17.0 Å². The second-order valence-corrected chi connectivity index (χ2v) is 4.32. The van der Waals surface area contributed by atoms with Crippen molar-refractivity contribution in [1.29, 1.82) is 0 Å². The van der Waals surface area contributed by atoms with Gasteiger partial charge in [0.05, 0.1) is 7.11 Å². The molecule has 0 bridgehead atoms. The zero-order chi connectivity index (χ0) is 13.4. The first kappa shape index (κ1) is 11.5. The Kier molecular flexibility index (Phi) is 2.59. The Hall–Kier alpha value is -2.56. The monoisotopic (exact) mass is 255 g/mol. The van der Waals surface area contributed by atoms with Gasteiger partial charge in [-0.15, -0.1) is 0 Å². The second-order valence-electron chi connectivity index (χ2n) is 4.32. The van der Waals surface area contributed by atoms with Crippen LogP contribution in [0.25, 0.3) is 22.2 Å². The van der Waals surface area contributed by atoms with Crippen LogP contribution in [0.15, 0.2) is 36.8 Å². The molecule has 0 atom stereocenters. The quantitative estimate of drug-likeness (QED) is 0.715. The van der Waals surface area contributed by atoms with Crippen LogP contribution in [-0.2, 0) is 11.8 Å². The van der Waals surface area contributed by atoms with Crippen LogP contribution in [0, 0.1) is 0 Å². The zero-order valence-electron chi connectivity index (χ0n) is 10.7. The predicted octanol–water partition coefficient (Wildman–Crippen LogP) is 2.35. The third-order valence-electron chi connectivity index (χ3n) is 3.17. The molecule has 1 N–H and O–H groups in total. The molecule has 19 heavy (non-hydrogen) atoms. The molecule has 5 heteroatoms. The number of hydrogen-bond donors (Lipinski definition) is 1. The van der Waals surface area contributed by atoms with Gasteiger partial charge in [-0.2, -0.15) is 0 Å². The molecule has 0 fully saturated rings. The fraction of sp³-hybridized carbons (Fsp3) is 0.143. The molecule has 96 valence electrons. The van der Waals surface area contributed by atoms with Crippen LogP contribution in [-0.4, -0.2) is 27.6 Å². The van der Waals surface area contributed by atoms with Gasteiger partial charge in [0.1, 0.15) is 11.3 Å². The van der Waals surface area contributed by atoms with E-state index < -0.39 is 0 Å². The topological polar surface area (TPSA) is 59.9 Å².